The van der Waals surface area contributed by atoms with Crippen LogP contribution in [-0.4, -0.2) is 9.97 Å². The van der Waals surface area contributed by atoms with Gasteiger partial charge in [-0.3, -0.25) is 0 Å². The van der Waals surface area contributed by atoms with E-state index < -0.39 is 0 Å². The fourth-order valence-corrected chi connectivity index (χ4v) is 0.752. The lowest BCUT2D eigenvalue weighted by Crippen LogP contribution is -2.34. The molecule has 3 nitrogen and oxygen atoms in total. The molecule has 0 saturated carbocycles. The van der Waals surface area contributed by atoms with Crippen molar-refractivity contribution >= 4 is 24.8 Å². The Bertz CT molecular complexity index is 226. The second-order valence-electron chi connectivity index (χ2n) is 2.84. The molecule has 76 valence electrons. The first-order valence-electron chi connectivity index (χ1n) is 3.73. The van der Waals surface area contributed by atoms with Crippen molar-refractivity contribution in [3.05, 3.63) is 24.3 Å². The van der Waals surface area contributed by atoms with Crippen LogP contribution < -0.4 is 5.73 Å². The molecule has 1 atom stereocenters. The van der Waals surface area contributed by atoms with Gasteiger partial charge in [0, 0.05) is 12.4 Å². The third-order valence-corrected chi connectivity index (χ3v) is 1.81. The summed E-state index contributed by atoms with van der Waals surface area (Å²) < 4.78 is 0. The number of aromatic nitrogens is 2. The summed E-state index contributed by atoms with van der Waals surface area (Å²) >= 11 is 0. The van der Waals surface area contributed by atoms with E-state index in [1.807, 2.05) is 13.8 Å². The van der Waals surface area contributed by atoms with Crippen LogP contribution in [0.4, 0.5) is 0 Å². The van der Waals surface area contributed by atoms with Crippen molar-refractivity contribution < 1.29 is 0 Å². The van der Waals surface area contributed by atoms with E-state index in [0.29, 0.717) is 5.82 Å². The monoisotopic (exact) mass is 223 g/mol. The van der Waals surface area contributed by atoms with Crippen LogP contribution in [0.5, 0.6) is 0 Å². The van der Waals surface area contributed by atoms with Gasteiger partial charge in [0.25, 0.3) is 0 Å². The molecule has 0 aliphatic carbocycles. The Morgan fingerprint density at radius 2 is 1.77 bits per heavy atom. The molecular formula is C8H15Cl2N3. The molecule has 0 bridgehead atoms. The van der Waals surface area contributed by atoms with Gasteiger partial charge in [-0.05, 0) is 19.4 Å². The lowest BCUT2D eigenvalue weighted by atomic mass is 10.00. The van der Waals surface area contributed by atoms with Crippen molar-refractivity contribution in [3.8, 4) is 0 Å². The second kappa shape index (κ2) is 6.13. The maximum Gasteiger partial charge on any atom is 0.147 e. The predicted octanol–water partition coefficient (Wildman–Crippen LogP) is 1.90. The molecule has 0 fully saturated rings. The quantitative estimate of drug-likeness (QED) is 0.834. The average Bonchev–Trinajstić information content (AvgIpc) is 2.06. The van der Waals surface area contributed by atoms with Crippen molar-refractivity contribution in [3.63, 3.8) is 0 Å². The number of hydrogen-bond donors (Lipinski definition) is 1. The van der Waals surface area contributed by atoms with E-state index in [9.17, 15) is 0 Å². The third kappa shape index (κ3) is 3.89. The number of nitrogens with two attached hydrogens (primary N) is 1. The largest absolute Gasteiger partial charge is 0.319 e. The minimum absolute atomic E-state index is 0. The highest BCUT2D eigenvalue weighted by molar-refractivity contribution is 5.85. The molecule has 0 aromatic carbocycles. The fraction of sp³-hybridized carbons (Fsp3) is 0.500. The fourth-order valence-electron chi connectivity index (χ4n) is 0.752. The van der Waals surface area contributed by atoms with E-state index in [4.69, 9.17) is 5.73 Å². The van der Waals surface area contributed by atoms with Gasteiger partial charge >= 0.3 is 0 Å². The summed E-state index contributed by atoms with van der Waals surface area (Å²) in [7, 11) is 0. The second-order valence-corrected chi connectivity index (χ2v) is 2.84. The molecule has 0 aliphatic rings. The Labute approximate surface area is 91.0 Å². The average molecular weight is 224 g/mol. The summed E-state index contributed by atoms with van der Waals surface area (Å²) in [5.74, 6) is 0.711. The molecule has 0 aliphatic heterocycles. The van der Waals surface area contributed by atoms with Crippen LogP contribution in [0, 0.1) is 0 Å². The first kappa shape index (κ1) is 15.1. The maximum atomic E-state index is 5.91. The van der Waals surface area contributed by atoms with Gasteiger partial charge in [-0.1, -0.05) is 6.92 Å². The first-order chi connectivity index (χ1) is 5.17. The zero-order valence-corrected chi connectivity index (χ0v) is 9.36. The predicted molar refractivity (Wildman–Crippen MR) is 58.4 cm³/mol. The zero-order chi connectivity index (χ0) is 8.32. The highest BCUT2D eigenvalue weighted by Crippen LogP contribution is 2.15. The molecule has 13 heavy (non-hydrogen) atoms. The Kier molecular flexibility index (Phi) is 7.13. The molecule has 0 amide bonds. The van der Waals surface area contributed by atoms with Gasteiger partial charge in [-0.15, -0.1) is 24.8 Å². The molecular weight excluding hydrogens is 209 g/mol. The van der Waals surface area contributed by atoms with Crippen molar-refractivity contribution in [2.45, 2.75) is 25.8 Å². The highest BCUT2D eigenvalue weighted by atomic mass is 35.5. The zero-order valence-electron chi connectivity index (χ0n) is 7.73. The minimum Gasteiger partial charge on any atom is -0.319 e. The third-order valence-electron chi connectivity index (χ3n) is 1.81. The van der Waals surface area contributed by atoms with E-state index in [1.54, 1.807) is 18.5 Å². The van der Waals surface area contributed by atoms with E-state index in [-0.39, 0.29) is 30.4 Å². The van der Waals surface area contributed by atoms with Gasteiger partial charge < -0.3 is 5.73 Å². The van der Waals surface area contributed by atoms with Crippen LogP contribution in [0.1, 0.15) is 26.1 Å². The molecule has 1 aromatic rings. The Hall–Kier alpha value is -0.380. The van der Waals surface area contributed by atoms with E-state index in [1.165, 1.54) is 0 Å². The van der Waals surface area contributed by atoms with Crippen LogP contribution >= 0.6 is 24.8 Å². The lowest BCUT2D eigenvalue weighted by molar-refractivity contribution is 0.445. The topological polar surface area (TPSA) is 51.8 Å². The van der Waals surface area contributed by atoms with Crippen LogP contribution in [0.15, 0.2) is 18.5 Å². The summed E-state index contributed by atoms with van der Waals surface area (Å²) in [6, 6.07) is 1.79. The minimum atomic E-state index is -0.388. The normalized spacial score (nSPS) is 13.5. The van der Waals surface area contributed by atoms with Crippen molar-refractivity contribution in [1.29, 1.82) is 0 Å². The molecule has 0 radical (unpaired) electrons. The molecule has 1 unspecified atom stereocenters. The molecule has 0 saturated heterocycles. The standard InChI is InChI=1S/C8H13N3.2ClH/c1-3-8(2,9)7-10-5-4-6-11-7;;/h4-6H,3,9H2,1-2H3;2*1H. The molecule has 2 N–H and O–H groups in total. The summed E-state index contributed by atoms with van der Waals surface area (Å²) in [5, 5.41) is 0. The van der Waals surface area contributed by atoms with Gasteiger partial charge in [-0.25, -0.2) is 9.97 Å². The van der Waals surface area contributed by atoms with Crippen molar-refractivity contribution in [2.75, 3.05) is 0 Å². The number of hydrogen-bond acceptors (Lipinski definition) is 3. The SMILES string of the molecule is CCC(C)(N)c1ncccn1.Cl.Cl. The maximum absolute atomic E-state index is 5.91. The smallest absolute Gasteiger partial charge is 0.147 e. The van der Waals surface area contributed by atoms with E-state index in [0.717, 1.165) is 6.42 Å². The lowest BCUT2D eigenvalue weighted by Gasteiger charge is -2.19. The van der Waals surface area contributed by atoms with Crippen LogP contribution in [0.2, 0.25) is 0 Å². The van der Waals surface area contributed by atoms with E-state index >= 15 is 0 Å². The summed E-state index contributed by atoms with van der Waals surface area (Å²) in [4.78, 5) is 8.17. The number of nitrogens with zero attached hydrogens (tertiary/aromatic N) is 2. The number of halogens is 2. The van der Waals surface area contributed by atoms with Crippen LogP contribution in [0.3, 0.4) is 0 Å². The van der Waals surface area contributed by atoms with Crippen molar-refractivity contribution in [1.82, 2.24) is 9.97 Å². The van der Waals surface area contributed by atoms with Crippen LogP contribution in [-0.2, 0) is 5.54 Å². The van der Waals surface area contributed by atoms with Gasteiger partial charge in [-0.2, -0.15) is 0 Å². The Morgan fingerprint density at radius 1 is 1.31 bits per heavy atom. The Balaban J connectivity index is 0. The van der Waals surface area contributed by atoms with E-state index in [2.05, 4.69) is 9.97 Å². The molecule has 1 heterocycles. The first-order valence-corrected chi connectivity index (χ1v) is 3.73. The van der Waals surface area contributed by atoms with Gasteiger partial charge in [0.05, 0.1) is 5.54 Å². The molecule has 0 spiro atoms. The van der Waals surface area contributed by atoms with Gasteiger partial charge in [0.15, 0.2) is 0 Å². The van der Waals surface area contributed by atoms with Crippen molar-refractivity contribution in [2.24, 2.45) is 5.73 Å². The number of rotatable bonds is 2. The summed E-state index contributed by atoms with van der Waals surface area (Å²) in [6.45, 7) is 3.96. The Morgan fingerprint density at radius 3 is 2.15 bits per heavy atom. The van der Waals surface area contributed by atoms with Gasteiger partial charge in [0.1, 0.15) is 5.82 Å². The molecule has 1 aromatic heterocycles. The summed E-state index contributed by atoms with van der Waals surface area (Å²) in [5.41, 5.74) is 5.52. The van der Waals surface area contributed by atoms with Gasteiger partial charge in [0.2, 0.25) is 0 Å². The molecule has 5 heteroatoms. The molecule has 1 rings (SSSR count). The summed E-state index contributed by atoms with van der Waals surface area (Å²) in [6.07, 6.45) is 4.27. The van der Waals surface area contributed by atoms with Crippen LogP contribution in [0.25, 0.3) is 0 Å². The highest BCUT2D eigenvalue weighted by Gasteiger charge is 2.20.